The Bertz CT molecular complexity index is 1740. The van der Waals surface area contributed by atoms with Gasteiger partial charge >= 0.3 is 5.97 Å². The van der Waals surface area contributed by atoms with Gasteiger partial charge in [0.1, 0.15) is 30.5 Å². The lowest BCUT2D eigenvalue weighted by Crippen LogP contribution is -2.44. The highest BCUT2D eigenvalue weighted by Gasteiger charge is 2.29. The smallest absolute Gasteiger partial charge is 0.320 e. The number of likely N-dealkylation sites (tertiary alicyclic amines) is 1. The van der Waals surface area contributed by atoms with Gasteiger partial charge in [-0.2, -0.15) is 10.5 Å². The van der Waals surface area contributed by atoms with Crippen LogP contribution in [0.15, 0.2) is 73.2 Å². The predicted molar refractivity (Wildman–Crippen MR) is 164 cm³/mol. The molecule has 1 atom stereocenters. The Balaban J connectivity index is 1.49. The molecular formula is C34H28ClN5O3. The van der Waals surface area contributed by atoms with Gasteiger partial charge in [-0.25, -0.2) is 0 Å². The van der Waals surface area contributed by atoms with E-state index in [4.69, 9.17) is 16.3 Å². The monoisotopic (exact) mass is 589 g/mol. The number of carboxylic acids is 1. The van der Waals surface area contributed by atoms with Gasteiger partial charge in [-0.05, 0) is 60.9 Å². The third-order valence-electron chi connectivity index (χ3n) is 7.37. The third kappa shape index (κ3) is 7.07. The van der Waals surface area contributed by atoms with Gasteiger partial charge in [0.15, 0.2) is 0 Å². The van der Waals surface area contributed by atoms with Crippen molar-refractivity contribution in [3.8, 4) is 29.0 Å². The maximum Gasteiger partial charge on any atom is 0.320 e. The largest absolute Gasteiger partial charge is 0.488 e. The minimum absolute atomic E-state index is 0.155. The normalized spacial score (nSPS) is 15.1. The number of halogens is 1. The first-order chi connectivity index (χ1) is 21.0. The lowest BCUT2D eigenvalue weighted by Gasteiger charge is -2.33. The number of benzene rings is 2. The molecule has 9 heteroatoms. The molecule has 214 valence electrons. The molecule has 1 aliphatic heterocycles. The maximum absolute atomic E-state index is 11.9. The van der Waals surface area contributed by atoms with E-state index in [2.05, 4.69) is 22.1 Å². The van der Waals surface area contributed by atoms with Crippen molar-refractivity contribution < 1.29 is 14.6 Å². The van der Waals surface area contributed by atoms with E-state index in [1.54, 1.807) is 36.7 Å². The summed E-state index contributed by atoms with van der Waals surface area (Å²) >= 11 is 6.77. The second-order valence-corrected chi connectivity index (χ2v) is 10.6. The average Bonchev–Trinajstić information content (AvgIpc) is 3.04. The molecule has 0 aliphatic carbocycles. The Kier molecular flexibility index (Phi) is 9.43. The van der Waals surface area contributed by atoms with Crippen LogP contribution in [0.25, 0.3) is 23.3 Å². The molecule has 1 unspecified atom stereocenters. The van der Waals surface area contributed by atoms with Crippen molar-refractivity contribution >= 4 is 29.7 Å². The Hall–Kier alpha value is -5.02. The highest BCUT2D eigenvalue weighted by Crippen LogP contribution is 2.33. The molecular weight excluding hydrogens is 562 g/mol. The number of hydrogen-bond donors (Lipinski definition) is 1. The van der Waals surface area contributed by atoms with E-state index in [1.807, 2.05) is 47.4 Å². The summed E-state index contributed by atoms with van der Waals surface area (Å²) in [7, 11) is 0. The van der Waals surface area contributed by atoms with E-state index in [-0.39, 0.29) is 6.61 Å². The molecule has 3 heterocycles. The summed E-state index contributed by atoms with van der Waals surface area (Å²) < 4.78 is 6.25. The molecule has 2 aromatic heterocycles. The molecule has 8 nitrogen and oxygen atoms in total. The fraction of sp³-hybridized carbons (Fsp3) is 0.206. The van der Waals surface area contributed by atoms with Gasteiger partial charge < -0.3 is 9.84 Å². The minimum atomic E-state index is -0.842. The van der Waals surface area contributed by atoms with Gasteiger partial charge in [0.25, 0.3) is 0 Å². The molecule has 1 aliphatic rings. The highest BCUT2D eigenvalue weighted by atomic mass is 35.5. The number of aromatic nitrogens is 2. The molecule has 4 aromatic rings. The summed E-state index contributed by atoms with van der Waals surface area (Å²) in [5.74, 6) is -0.307. The first kappa shape index (κ1) is 29.5. The van der Waals surface area contributed by atoms with E-state index in [0.717, 1.165) is 35.1 Å². The van der Waals surface area contributed by atoms with Gasteiger partial charge in [-0.1, -0.05) is 54.4 Å². The van der Waals surface area contributed by atoms with E-state index >= 15 is 0 Å². The topological polar surface area (TPSA) is 123 Å². The fourth-order valence-electron chi connectivity index (χ4n) is 5.21. The highest BCUT2D eigenvalue weighted by molar-refractivity contribution is 6.32. The van der Waals surface area contributed by atoms with Gasteiger partial charge in [0, 0.05) is 46.8 Å². The van der Waals surface area contributed by atoms with E-state index < -0.39 is 12.0 Å². The number of pyridine rings is 2. The lowest BCUT2D eigenvalue weighted by atomic mass is 9.99. The minimum Gasteiger partial charge on any atom is -0.488 e. The van der Waals surface area contributed by atoms with Crippen molar-refractivity contribution in [2.45, 2.75) is 38.5 Å². The first-order valence-electron chi connectivity index (χ1n) is 13.9. The number of nitriles is 2. The number of ether oxygens (including phenoxy) is 1. The van der Waals surface area contributed by atoms with Gasteiger partial charge in [-0.3, -0.25) is 19.7 Å². The number of carboxylic acid groups (broad SMARTS) is 1. The van der Waals surface area contributed by atoms with Crippen LogP contribution in [0.4, 0.5) is 0 Å². The van der Waals surface area contributed by atoms with Crippen LogP contribution in [0.1, 0.15) is 52.8 Å². The van der Waals surface area contributed by atoms with Crippen LogP contribution < -0.4 is 4.74 Å². The average molecular weight is 590 g/mol. The number of hydrogen-bond acceptors (Lipinski definition) is 7. The number of carbonyl (C=O) groups is 1. The molecule has 1 fully saturated rings. The standard InChI is InChI=1S/C34H28ClN5O3/c35-30-15-27(21-40-13-5-4-8-32(40)34(41)42)33(43-22-24-14-23(17-36)19-38-20-24)16-26(30)9-10-31-29(18-37)28(11-12-39-31)25-6-2-1-3-7-25/h1-3,6-7,9-12,14-16,19-20,32H,4-5,8,13,21-22H2,(H,41,42)/b10-9+. The zero-order valence-corrected chi connectivity index (χ0v) is 24.0. The third-order valence-corrected chi connectivity index (χ3v) is 7.70. The molecule has 0 spiro atoms. The van der Waals surface area contributed by atoms with Crippen molar-refractivity contribution in [1.29, 1.82) is 10.5 Å². The quantitative estimate of drug-likeness (QED) is 0.228. The number of nitrogens with zero attached hydrogens (tertiary/aromatic N) is 5. The summed E-state index contributed by atoms with van der Waals surface area (Å²) in [6.07, 6.45) is 10.7. The molecule has 0 saturated carbocycles. The Morgan fingerprint density at radius 1 is 1.09 bits per heavy atom. The van der Waals surface area contributed by atoms with Crippen molar-refractivity contribution in [3.05, 3.63) is 112 Å². The lowest BCUT2D eigenvalue weighted by molar-refractivity contribution is -0.144. The molecule has 1 N–H and O–H groups in total. The number of aliphatic carboxylic acids is 1. The van der Waals surface area contributed by atoms with E-state index in [1.165, 1.54) is 6.20 Å². The SMILES string of the molecule is N#Cc1cncc(COc2cc(/C=C/c3nccc(-c4ccccc4)c3C#N)c(Cl)cc2CN2CCCCC2C(=O)O)c1. The van der Waals surface area contributed by atoms with Crippen molar-refractivity contribution in [1.82, 2.24) is 14.9 Å². The zero-order chi connectivity index (χ0) is 30.2. The van der Waals surface area contributed by atoms with Crippen LogP contribution in [0.3, 0.4) is 0 Å². The van der Waals surface area contributed by atoms with Crippen LogP contribution in [-0.4, -0.2) is 38.5 Å². The van der Waals surface area contributed by atoms with Crippen molar-refractivity contribution in [3.63, 3.8) is 0 Å². The number of rotatable bonds is 9. The van der Waals surface area contributed by atoms with Gasteiger partial charge in [0.05, 0.1) is 16.8 Å². The first-order valence-corrected chi connectivity index (χ1v) is 14.2. The Morgan fingerprint density at radius 3 is 2.70 bits per heavy atom. The Labute approximate surface area is 255 Å². The summed E-state index contributed by atoms with van der Waals surface area (Å²) in [4.78, 5) is 22.4. The summed E-state index contributed by atoms with van der Waals surface area (Å²) in [6, 6.07) is 20.6. The maximum atomic E-state index is 11.9. The fourth-order valence-corrected chi connectivity index (χ4v) is 5.46. The summed E-state index contributed by atoms with van der Waals surface area (Å²) in [5, 5.41) is 29.5. The van der Waals surface area contributed by atoms with Crippen molar-refractivity contribution in [2.75, 3.05) is 6.54 Å². The molecule has 5 rings (SSSR count). The van der Waals surface area contributed by atoms with Crippen LogP contribution in [0.5, 0.6) is 5.75 Å². The molecule has 2 aromatic carbocycles. The molecule has 1 saturated heterocycles. The number of piperidine rings is 1. The summed E-state index contributed by atoms with van der Waals surface area (Å²) in [6.45, 7) is 1.16. The molecule has 43 heavy (non-hydrogen) atoms. The molecule has 0 amide bonds. The van der Waals surface area contributed by atoms with Crippen LogP contribution in [0, 0.1) is 22.7 Å². The summed E-state index contributed by atoms with van der Waals surface area (Å²) in [5.41, 5.74) is 5.20. The molecule has 0 radical (unpaired) electrons. The van der Waals surface area contributed by atoms with Gasteiger partial charge in [0.2, 0.25) is 0 Å². The van der Waals surface area contributed by atoms with Crippen LogP contribution >= 0.6 is 11.6 Å². The van der Waals surface area contributed by atoms with E-state index in [0.29, 0.717) is 52.7 Å². The van der Waals surface area contributed by atoms with Gasteiger partial charge in [-0.15, -0.1) is 0 Å². The molecule has 0 bridgehead atoms. The van der Waals surface area contributed by atoms with Crippen LogP contribution in [-0.2, 0) is 17.9 Å². The second kappa shape index (κ2) is 13.8. The predicted octanol–water partition coefficient (Wildman–Crippen LogP) is 6.73. The van der Waals surface area contributed by atoms with Crippen molar-refractivity contribution in [2.24, 2.45) is 0 Å². The Morgan fingerprint density at radius 2 is 1.93 bits per heavy atom. The zero-order valence-electron chi connectivity index (χ0n) is 23.3. The second-order valence-electron chi connectivity index (χ2n) is 10.2. The van der Waals surface area contributed by atoms with E-state index in [9.17, 15) is 20.4 Å². The van der Waals surface area contributed by atoms with Crippen LogP contribution in [0.2, 0.25) is 5.02 Å².